The van der Waals surface area contributed by atoms with Crippen LogP contribution in [-0.4, -0.2) is 42.9 Å². The lowest BCUT2D eigenvalue weighted by molar-refractivity contribution is -0.131. The number of nitrogens with two attached hydrogens (primary N) is 1. The Morgan fingerprint density at radius 2 is 1.80 bits per heavy atom. The molecule has 0 heterocycles. The van der Waals surface area contributed by atoms with Gasteiger partial charge in [-0.05, 0) is 25.2 Å². The van der Waals surface area contributed by atoms with E-state index in [1.807, 2.05) is 31.1 Å². The minimum atomic E-state index is -0.568. The van der Waals surface area contributed by atoms with Gasteiger partial charge in [0, 0.05) is 25.8 Å². The smallest absolute Gasteiger partial charge is 0.241 e. The number of likely N-dealkylation sites (N-methyl/N-ethyl adjacent to an activating group) is 1. The first-order chi connectivity index (χ1) is 9.45. The van der Waals surface area contributed by atoms with Crippen molar-refractivity contribution >= 4 is 11.8 Å². The van der Waals surface area contributed by atoms with Gasteiger partial charge in [-0.25, -0.2) is 0 Å². The summed E-state index contributed by atoms with van der Waals surface area (Å²) in [6.07, 6.45) is 1.55. The number of rotatable bonds is 5. The maximum Gasteiger partial charge on any atom is 0.241 e. The van der Waals surface area contributed by atoms with Gasteiger partial charge in [-0.2, -0.15) is 0 Å². The predicted molar refractivity (Wildman–Crippen MR) is 77.1 cm³/mol. The van der Waals surface area contributed by atoms with Gasteiger partial charge >= 0.3 is 0 Å². The molecule has 0 aromatic heterocycles. The van der Waals surface area contributed by atoms with Crippen LogP contribution in [0.5, 0.6) is 0 Å². The molecule has 0 saturated carbocycles. The fourth-order valence-corrected chi connectivity index (χ4v) is 2.74. The highest BCUT2D eigenvalue weighted by atomic mass is 16.2. The standard InChI is InChI=1S/C15H21N3O2/c1-18(2)15(14(20)17-8-7-13(16)19)9-11-5-3-4-6-12(11)10-15/h3-6H,7-10H2,1-2H3,(H2,16,19)(H,17,20). The minimum absolute atomic E-state index is 0.0417. The monoisotopic (exact) mass is 275 g/mol. The van der Waals surface area contributed by atoms with Crippen molar-refractivity contribution in [1.82, 2.24) is 10.2 Å². The van der Waals surface area contributed by atoms with Gasteiger partial charge in [0.1, 0.15) is 5.54 Å². The molecular formula is C15H21N3O2. The Hall–Kier alpha value is -1.88. The van der Waals surface area contributed by atoms with Crippen molar-refractivity contribution in [2.24, 2.45) is 5.73 Å². The van der Waals surface area contributed by atoms with Crippen molar-refractivity contribution in [2.75, 3.05) is 20.6 Å². The summed E-state index contributed by atoms with van der Waals surface area (Å²) in [5.74, 6) is -0.445. The molecule has 2 rings (SSSR count). The summed E-state index contributed by atoms with van der Waals surface area (Å²) >= 11 is 0. The summed E-state index contributed by atoms with van der Waals surface area (Å²) in [5, 5.41) is 2.83. The quantitative estimate of drug-likeness (QED) is 0.799. The Balaban J connectivity index is 2.13. The number of benzene rings is 1. The van der Waals surface area contributed by atoms with Gasteiger partial charge in [-0.1, -0.05) is 24.3 Å². The highest BCUT2D eigenvalue weighted by molar-refractivity contribution is 5.88. The molecule has 0 fully saturated rings. The van der Waals surface area contributed by atoms with Gasteiger partial charge in [0.25, 0.3) is 0 Å². The summed E-state index contributed by atoms with van der Waals surface area (Å²) in [5.41, 5.74) is 6.95. The molecule has 2 amide bonds. The van der Waals surface area contributed by atoms with Crippen molar-refractivity contribution in [2.45, 2.75) is 24.8 Å². The fraction of sp³-hybridized carbons (Fsp3) is 0.467. The van der Waals surface area contributed by atoms with E-state index in [1.165, 1.54) is 11.1 Å². The third-order valence-electron chi connectivity index (χ3n) is 4.02. The lowest BCUT2D eigenvalue weighted by atomic mass is 9.93. The molecular weight excluding hydrogens is 254 g/mol. The van der Waals surface area contributed by atoms with E-state index in [4.69, 9.17) is 5.73 Å². The SMILES string of the molecule is CN(C)C1(C(=O)NCCC(N)=O)Cc2ccccc2C1. The molecule has 0 aliphatic heterocycles. The van der Waals surface area contributed by atoms with Gasteiger partial charge in [-0.3, -0.25) is 14.5 Å². The normalized spacial score (nSPS) is 15.9. The second-order valence-corrected chi connectivity index (χ2v) is 5.52. The van der Waals surface area contributed by atoms with Crippen LogP contribution >= 0.6 is 0 Å². The zero-order chi connectivity index (χ0) is 14.8. The molecule has 0 saturated heterocycles. The van der Waals surface area contributed by atoms with Gasteiger partial charge in [0.15, 0.2) is 0 Å². The van der Waals surface area contributed by atoms with Crippen LogP contribution in [-0.2, 0) is 22.4 Å². The molecule has 5 nitrogen and oxygen atoms in total. The number of amides is 2. The molecule has 0 atom stereocenters. The maximum atomic E-state index is 12.6. The topological polar surface area (TPSA) is 75.4 Å². The molecule has 3 N–H and O–H groups in total. The lowest BCUT2D eigenvalue weighted by Gasteiger charge is -2.34. The predicted octanol–water partition coefficient (Wildman–Crippen LogP) is 0.0772. The number of carbonyl (C=O) groups excluding carboxylic acids is 2. The second-order valence-electron chi connectivity index (χ2n) is 5.52. The van der Waals surface area contributed by atoms with E-state index < -0.39 is 11.4 Å². The Morgan fingerprint density at radius 1 is 1.25 bits per heavy atom. The molecule has 0 radical (unpaired) electrons. The third-order valence-corrected chi connectivity index (χ3v) is 4.02. The van der Waals surface area contributed by atoms with Crippen LogP contribution in [0.15, 0.2) is 24.3 Å². The summed E-state index contributed by atoms with van der Waals surface area (Å²) in [6, 6.07) is 8.12. The molecule has 1 aliphatic carbocycles. The molecule has 20 heavy (non-hydrogen) atoms. The summed E-state index contributed by atoms with van der Waals surface area (Å²) in [6.45, 7) is 0.292. The number of nitrogens with zero attached hydrogens (tertiary/aromatic N) is 1. The van der Waals surface area contributed by atoms with E-state index in [9.17, 15) is 9.59 Å². The Labute approximate surface area is 119 Å². The van der Waals surface area contributed by atoms with Crippen molar-refractivity contribution in [3.63, 3.8) is 0 Å². The number of primary amides is 1. The van der Waals surface area contributed by atoms with Crippen LogP contribution in [0.4, 0.5) is 0 Å². The molecule has 1 aromatic carbocycles. The van der Waals surface area contributed by atoms with E-state index in [0.717, 1.165) is 0 Å². The maximum absolute atomic E-state index is 12.6. The Bertz CT molecular complexity index is 501. The number of nitrogens with one attached hydrogen (secondary N) is 1. The number of hydrogen-bond acceptors (Lipinski definition) is 3. The second kappa shape index (κ2) is 5.63. The summed E-state index contributed by atoms with van der Waals surface area (Å²) in [7, 11) is 3.83. The largest absolute Gasteiger partial charge is 0.370 e. The Kier molecular flexibility index (Phi) is 4.09. The molecule has 5 heteroatoms. The van der Waals surface area contributed by atoms with Crippen molar-refractivity contribution < 1.29 is 9.59 Å². The van der Waals surface area contributed by atoms with Crippen LogP contribution in [0.25, 0.3) is 0 Å². The third kappa shape index (κ3) is 2.67. The van der Waals surface area contributed by atoms with Crippen LogP contribution in [0, 0.1) is 0 Å². The lowest BCUT2D eigenvalue weighted by Crippen LogP contribution is -2.57. The van der Waals surface area contributed by atoms with E-state index >= 15 is 0 Å². The first-order valence-electron chi connectivity index (χ1n) is 6.76. The van der Waals surface area contributed by atoms with E-state index in [1.54, 1.807) is 0 Å². The van der Waals surface area contributed by atoms with Crippen LogP contribution < -0.4 is 11.1 Å². The summed E-state index contributed by atoms with van der Waals surface area (Å²) < 4.78 is 0. The zero-order valence-electron chi connectivity index (χ0n) is 12.0. The fourth-order valence-electron chi connectivity index (χ4n) is 2.74. The zero-order valence-corrected chi connectivity index (χ0v) is 12.0. The minimum Gasteiger partial charge on any atom is -0.370 e. The van der Waals surface area contributed by atoms with Gasteiger partial charge in [0.05, 0.1) is 0 Å². The molecule has 108 valence electrons. The van der Waals surface area contributed by atoms with Crippen molar-refractivity contribution in [1.29, 1.82) is 0 Å². The van der Waals surface area contributed by atoms with Gasteiger partial charge in [0.2, 0.25) is 11.8 Å². The molecule has 1 aromatic rings. The van der Waals surface area contributed by atoms with Crippen molar-refractivity contribution in [3.05, 3.63) is 35.4 Å². The van der Waals surface area contributed by atoms with Crippen LogP contribution in [0.3, 0.4) is 0 Å². The average Bonchev–Trinajstić information content (AvgIpc) is 2.78. The van der Waals surface area contributed by atoms with Gasteiger partial charge < -0.3 is 11.1 Å². The van der Waals surface area contributed by atoms with E-state index in [-0.39, 0.29) is 12.3 Å². The average molecular weight is 275 g/mol. The van der Waals surface area contributed by atoms with Crippen LogP contribution in [0.2, 0.25) is 0 Å². The van der Waals surface area contributed by atoms with Crippen LogP contribution in [0.1, 0.15) is 17.5 Å². The van der Waals surface area contributed by atoms with E-state index in [2.05, 4.69) is 17.4 Å². The van der Waals surface area contributed by atoms with Gasteiger partial charge in [-0.15, -0.1) is 0 Å². The molecule has 0 unspecified atom stereocenters. The highest BCUT2D eigenvalue weighted by Crippen LogP contribution is 2.33. The number of carbonyl (C=O) groups is 2. The molecule has 1 aliphatic rings. The van der Waals surface area contributed by atoms with Crippen molar-refractivity contribution in [3.8, 4) is 0 Å². The number of hydrogen-bond donors (Lipinski definition) is 2. The molecule has 0 bridgehead atoms. The first kappa shape index (κ1) is 14.5. The Morgan fingerprint density at radius 3 is 2.25 bits per heavy atom. The first-order valence-corrected chi connectivity index (χ1v) is 6.76. The highest BCUT2D eigenvalue weighted by Gasteiger charge is 2.45. The molecule has 0 spiro atoms. The number of fused-ring (bicyclic) bond motifs is 1. The summed E-state index contributed by atoms with van der Waals surface area (Å²) in [4.78, 5) is 25.3. The van der Waals surface area contributed by atoms with E-state index in [0.29, 0.717) is 19.4 Å².